The van der Waals surface area contributed by atoms with E-state index >= 15 is 0 Å². The number of nitrogens with two attached hydrogens (primary N) is 1. The number of rotatable bonds is 3. The summed E-state index contributed by atoms with van der Waals surface area (Å²) in [5, 5.41) is 0.155. The molecule has 0 aliphatic heterocycles. The second-order valence-corrected chi connectivity index (χ2v) is 7.59. The van der Waals surface area contributed by atoms with Crippen LogP contribution >= 0.6 is 11.6 Å². The molecule has 112 valence electrons. The molecular weight excluding hydrogens is 298 g/mol. The number of hydrogen-bond acceptors (Lipinski definition) is 4. The highest BCUT2D eigenvalue weighted by Crippen LogP contribution is 2.25. The molecule has 1 aliphatic rings. The van der Waals surface area contributed by atoms with Crippen molar-refractivity contribution in [3.63, 3.8) is 0 Å². The monoisotopic (exact) mass is 317 g/mol. The lowest BCUT2D eigenvalue weighted by atomic mass is 10.0. The molecule has 0 saturated heterocycles. The highest BCUT2D eigenvalue weighted by molar-refractivity contribution is 7.89. The minimum atomic E-state index is -3.59. The molecule has 0 radical (unpaired) electrons. The van der Waals surface area contributed by atoms with E-state index in [0.29, 0.717) is 5.92 Å². The molecule has 0 spiro atoms. The fourth-order valence-electron chi connectivity index (χ4n) is 2.47. The first-order valence-electron chi connectivity index (χ1n) is 6.82. The summed E-state index contributed by atoms with van der Waals surface area (Å²) in [5.41, 5.74) is 5.49. The molecule has 1 aromatic rings. The molecule has 0 bridgehead atoms. The summed E-state index contributed by atoms with van der Waals surface area (Å²) in [4.78, 5) is 3.86. The number of nitrogens with zero attached hydrogens (tertiary/aromatic N) is 1. The van der Waals surface area contributed by atoms with E-state index in [4.69, 9.17) is 17.3 Å². The van der Waals surface area contributed by atoms with Crippen LogP contribution in [-0.4, -0.2) is 19.4 Å². The second kappa shape index (κ2) is 6.28. The average molecular weight is 318 g/mol. The van der Waals surface area contributed by atoms with Crippen LogP contribution in [0, 0.1) is 5.92 Å². The fourth-order valence-corrected chi connectivity index (χ4v) is 3.98. The maximum atomic E-state index is 12.3. The number of nitrogen functional groups attached to an aromatic ring is 1. The fraction of sp³-hybridized carbons (Fsp3) is 0.615. The third kappa shape index (κ3) is 3.84. The smallest absolute Gasteiger partial charge is 0.242 e. The summed E-state index contributed by atoms with van der Waals surface area (Å²) in [6.07, 6.45) is 6.25. The molecule has 3 N–H and O–H groups in total. The molecule has 7 heteroatoms. The minimum Gasteiger partial charge on any atom is -0.382 e. The van der Waals surface area contributed by atoms with Gasteiger partial charge in [0.1, 0.15) is 10.7 Å². The van der Waals surface area contributed by atoms with E-state index in [1.54, 1.807) is 0 Å². The summed E-state index contributed by atoms with van der Waals surface area (Å²) in [6.45, 7) is 2.21. The van der Waals surface area contributed by atoms with Crippen LogP contribution in [0.15, 0.2) is 17.2 Å². The molecule has 2 unspecified atom stereocenters. The third-order valence-electron chi connectivity index (χ3n) is 3.73. The zero-order chi connectivity index (χ0) is 14.8. The van der Waals surface area contributed by atoms with Crippen molar-refractivity contribution < 1.29 is 8.42 Å². The van der Waals surface area contributed by atoms with Crippen LogP contribution < -0.4 is 10.5 Å². The van der Waals surface area contributed by atoms with Crippen molar-refractivity contribution in [3.8, 4) is 0 Å². The molecule has 5 nitrogen and oxygen atoms in total. The van der Waals surface area contributed by atoms with Gasteiger partial charge in [-0.3, -0.25) is 0 Å². The highest BCUT2D eigenvalue weighted by Gasteiger charge is 2.23. The van der Waals surface area contributed by atoms with E-state index in [9.17, 15) is 8.42 Å². The Bertz CT molecular complexity index is 577. The van der Waals surface area contributed by atoms with Crippen LogP contribution in [-0.2, 0) is 10.0 Å². The van der Waals surface area contributed by atoms with Crippen LogP contribution in [0.5, 0.6) is 0 Å². The van der Waals surface area contributed by atoms with Gasteiger partial charge in [-0.1, -0.05) is 31.4 Å². The van der Waals surface area contributed by atoms with Crippen molar-refractivity contribution in [1.82, 2.24) is 9.71 Å². The van der Waals surface area contributed by atoms with Gasteiger partial charge < -0.3 is 5.73 Å². The lowest BCUT2D eigenvalue weighted by molar-refractivity contribution is 0.484. The van der Waals surface area contributed by atoms with Crippen LogP contribution in [0.4, 0.5) is 5.82 Å². The van der Waals surface area contributed by atoms with Crippen molar-refractivity contribution in [2.24, 2.45) is 5.92 Å². The van der Waals surface area contributed by atoms with E-state index in [1.807, 2.05) is 0 Å². The van der Waals surface area contributed by atoms with Gasteiger partial charge in [0.15, 0.2) is 0 Å². The SMILES string of the molecule is CC1CCCC(NS(=O)(=O)c2cnc(N)c(Cl)c2)CC1. The quantitative estimate of drug-likeness (QED) is 0.839. The standard InChI is InChI=1S/C13H20ClN3O2S/c1-9-3-2-4-10(6-5-9)17-20(18,19)11-7-12(14)13(15)16-8-11/h7-10,17H,2-6H2,1H3,(H2,15,16). The van der Waals surface area contributed by atoms with E-state index in [2.05, 4.69) is 16.6 Å². The summed E-state index contributed by atoms with van der Waals surface area (Å²) in [5.74, 6) is 0.797. The molecule has 1 saturated carbocycles. The van der Waals surface area contributed by atoms with Crippen molar-refractivity contribution >= 4 is 27.4 Å². The first-order valence-corrected chi connectivity index (χ1v) is 8.68. The number of nitrogens with one attached hydrogen (secondary N) is 1. The number of halogens is 1. The van der Waals surface area contributed by atoms with Crippen LogP contribution in [0.25, 0.3) is 0 Å². The molecule has 2 rings (SSSR count). The number of aromatic nitrogens is 1. The summed E-state index contributed by atoms with van der Waals surface area (Å²) >= 11 is 5.83. The Morgan fingerprint density at radius 3 is 2.80 bits per heavy atom. The Balaban J connectivity index is 2.12. The van der Waals surface area contributed by atoms with Crippen molar-refractivity contribution in [3.05, 3.63) is 17.3 Å². The summed E-state index contributed by atoms with van der Waals surface area (Å²) in [7, 11) is -3.59. The predicted molar refractivity (Wildman–Crippen MR) is 80.0 cm³/mol. The first kappa shape index (κ1) is 15.5. The molecule has 1 fully saturated rings. The molecule has 1 heterocycles. The van der Waals surface area contributed by atoms with E-state index in [0.717, 1.165) is 32.1 Å². The zero-order valence-electron chi connectivity index (χ0n) is 11.5. The number of hydrogen-bond donors (Lipinski definition) is 2. The summed E-state index contributed by atoms with van der Waals surface area (Å²) in [6, 6.07) is 1.33. The van der Waals surface area contributed by atoms with Crippen molar-refractivity contribution in [2.45, 2.75) is 50.0 Å². The third-order valence-corrected chi connectivity index (χ3v) is 5.52. The van der Waals surface area contributed by atoms with Gasteiger partial charge >= 0.3 is 0 Å². The van der Waals surface area contributed by atoms with Gasteiger partial charge in [0.05, 0.1) is 5.02 Å². The Kier molecular flexibility index (Phi) is 4.88. The maximum Gasteiger partial charge on any atom is 0.242 e. The molecule has 20 heavy (non-hydrogen) atoms. The van der Waals surface area contributed by atoms with Gasteiger partial charge in [-0.05, 0) is 31.2 Å². The first-order chi connectivity index (χ1) is 9.38. The lowest BCUT2D eigenvalue weighted by Crippen LogP contribution is -2.34. The number of anilines is 1. The van der Waals surface area contributed by atoms with E-state index < -0.39 is 10.0 Å². The minimum absolute atomic E-state index is 0.0127. The Labute approximate surface area is 125 Å². The highest BCUT2D eigenvalue weighted by atomic mass is 35.5. The molecule has 0 aromatic carbocycles. The van der Waals surface area contributed by atoms with Gasteiger partial charge in [0.25, 0.3) is 0 Å². The molecule has 1 aromatic heterocycles. The lowest BCUT2D eigenvalue weighted by Gasteiger charge is -2.16. The van der Waals surface area contributed by atoms with Crippen molar-refractivity contribution in [1.29, 1.82) is 0 Å². The molecular formula is C13H20ClN3O2S. The van der Waals surface area contributed by atoms with Gasteiger partial charge in [0.2, 0.25) is 10.0 Å². The van der Waals surface area contributed by atoms with Crippen LogP contribution in [0.3, 0.4) is 0 Å². The zero-order valence-corrected chi connectivity index (χ0v) is 13.0. The predicted octanol–water partition coefficient (Wildman–Crippen LogP) is 2.56. The van der Waals surface area contributed by atoms with Crippen molar-refractivity contribution in [2.75, 3.05) is 5.73 Å². The largest absolute Gasteiger partial charge is 0.382 e. The molecule has 1 aliphatic carbocycles. The van der Waals surface area contributed by atoms with Gasteiger partial charge in [-0.2, -0.15) is 0 Å². The summed E-state index contributed by atoms with van der Waals surface area (Å²) < 4.78 is 27.4. The molecule has 2 atom stereocenters. The molecule has 0 amide bonds. The Morgan fingerprint density at radius 2 is 2.10 bits per heavy atom. The topological polar surface area (TPSA) is 85.1 Å². The number of sulfonamides is 1. The Hall–Kier alpha value is -0.850. The van der Waals surface area contributed by atoms with E-state index in [-0.39, 0.29) is 21.8 Å². The van der Waals surface area contributed by atoms with Crippen LogP contribution in [0.2, 0.25) is 5.02 Å². The van der Waals surface area contributed by atoms with E-state index in [1.165, 1.54) is 12.3 Å². The number of pyridine rings is 1. The second-order valence-electron chi connectivity index (χ2n) is 5.47. The average Bonchev–Trinajstić information content (AvgIpc) is 2.57. The van der Waals surface area contributed by atoms with Crippen LogP contribution in [0.1, 0.15) is 39.0 Å². The van der Waals surface area contributed by atoms with Gasteiger partial charge in [-0.25, -0.2) is 18.1 Å². The van der Waals surface area contributed by atoms with Gasteiger partial charge in [-0.15, -0.1) is 0 Å². The van der Waals surface area contributed by atoms with Gasteiger partial charge in [0, 0.05) is 12.2 Å². The maximum absolute atomic E-state index is 12.3. The normalized spacial score (nSPS) is 24.3. The Morgan fingerprint density at radius 1 is 1.35 bits per heavy atom.